The van der Waals surface area contributed by atoms with E-state index in [9.17, 15) is 13.2 Å². The van der Waals surface area contributed by atoms with Gasteiger partial charge in [-0.1, -0.05) is 41.4 Å². The second kappa shape index (κ2) is 8.74. The second-order valence-corrected chi connectivity index (χ2v) is 12.3. The number of benzene rings is 2. The van der Waals surface area contributed by atoms with Gasteiger partial charge in [0.2, 0.25) is 10.0 Å². The average molecular weight is 522 g/mol. The van der Waals surface area contributed by atoms with E-state index in [-0.39, 0.29) is 10.8 Å². The van der Waals surface area contributed by atoms with Gasteiger partial charge in [-0.05, 0) is 43.2 Å². The SMILES string of the molecule is O=C(c1ccc(Cl)cc1Cl)N1CCSC12CCN(S(=O)(=O)c1cccc3cccnc13)CC2. The highest BCUT2D eigenvalue weighted by molar-refractivity contribution is 8.00. The summed E-state index contributed by atoms with van der Waals surface area (Å²) in [5.41, 5.74) is 0.893. The number of rotatable bonds is 3. The lowest BCUT2D eigenvalue weighted by Crippen LogP contribution is -2.53. The van der Waals surface area contributed by atoms with Gasteiger partial charge in [0.25, 0.3) is 5.91 Å². The lowest BCUT2D eigenvalue weighted by Gasteiger charge is -2.43. The van der Waals surface area contributed by atoms with Gasteiger partial charge < -0.3 is 4.90 Å². The summed E-state index contributed by atoms with van der Waals surface area (Å²) in [4.78, 5) is 19.3. The minimum atomic E-state index is -3.71. The number of para-hydroxylation sites is 1. The molecule has 3 heterocycles. The number of aromatic nitrogens is 1. The molecule has 33 heavy (non-hydrogen) atoms. The Morgan fingerprint density at radius 3 is 2.55 bits per heavy atom. The molecule has 2 fully saturated rings. The van der Waals surface area contributed by atoms with Gasteiger partial charge in [-0.2, -0.15) is 4.31 Å². The van der Waals surface area contributed by atoms with Crippen molar-refractivity contribution < 1.29 is 13.2 Å². The van der Waals surface area contributed by atoms with Crippen LogP contribution in [0.1, 0.15) is 23.2 Å². The quantitative estimate of drug-likeness (QED) is 0.489. The molecule has 0 aliphatic carbocycles. The van der Waals surface area contributed by atoms with Crippen LogP contribution in [-0.4, -0.2) is 58.8 Å². The van der Waals surface area contributed by atoms with E-state index < -0.39 is 14.9 Å². The number of sulfonamides is 1. The van der Waals surface area contributed by atoms with Crippen molar-refractivity contribution in [2.24, 2.45) is 0 Å². The zero-order valence-electron chi connectivity index (χ0n) is 17.6. The van der Waals surface area contributed by atoms with Crippen LogP contribution < -0.4 is 0 Å². The predicted molar refractivity (Wildman–Crippen MR) is 132 cm³/mol. The fraction of sp³-hybridized carbons (Fsp3) is 0.304. The first-order valence-electron chi connectivity index (χ1n) is 10.6. The van der Waals surface area contributed by atoms with Gasteiger partial charge in [0.05, 0.1) is 21.0 Å². The maximum Gasteiger partial charge on any atom is 0.256 e. The molecule has 2 aliphatic heterocycles. The van der Waals surface area contributed by atoms with Gasteiger partial charge in [0, 0.05) is 42.0 Å². The lowest BCUT2D eigenvalue weighted by molar-refractivity contribution is 0.0605. The van der Waals surface area contributed by atoms with Gasteiger partial charge in [-0.25, -0.2) is 8.42 Å². The Kier molecular flexibility index (Phi) is 6.07. The van der Waals surface area contributed by atoms with Crippen LogP contribution in [0.25, 0.3) is 10.9 Å². The first kappa shape index (κ1) is 22.9. The zero-order valence-corrected chi connectivity index (χ0v) is 20.7. The molecular weight excluding hydrogens is 501 g/mol. The maximum absolute atomic E-state index is 13.5. The van der Waals surface area contributed by atoms with Crippen molar-refractivity contribution in [2.45, 2.75) is 22.6 Å². The van der Waals surface area contributed by atoms with Crippen molar-refractivity contribution in [3.05, 3.63) is 70.3 Å². The normalized spacial score (nSPS) is 18.8. The number of thioether (sulfide) groups is 1. The van der Waals surface area contributed by atoms with Crippen molar-refractivity contribution in [3.8, 4) is 0 Å². The molecule has 2 aliphatic rings. The smallest absolute Gasteiger partial charge is 0.256 e. The van der Waals surface area contributed by atoms with Crippen LogP contribution in [0.4, 0.5) is 0 Å². The topological polar surface area (TPSA) is 70.6 Å². The molecule has 1 spiro atoms. The van der Waals surface area contributed by atoms with E-state index in [1.165, 1.54) is 4.31 Å². The molecule has 6 nitrogen and oxygen atoms in total. The number of nitrogens with zero attached hydrogens (tertiary/aromatic N) is 3. The number of amides is 1. The van der Waals surface area contributed by atoms with Gasteiger partial charge in [0.15, 0.2) is 0 Å². The Morgan fingerprint density at radius 1 is 1.03 bits per heavy atom. The summed E-state index contributed by atoms with van der Waals surface area (Å²) in [5, 5.41) is 1.58. The van der Waals surface area contributed by atoms with E-state index in [2.05, 4.69) is 4.98 Å². The van der Waals surface area contributed by atoms with E-state index in [1.54, 1.807) is 54.4 Å². The fourth-order valence-electron chi connectivity index (χ4n) is 4.62. The Morgan fingerprint density at radius 2 is 1.79 bits per heavy atom. The van der Waals surface area contributed by atoms with Crippen molar-refractivity contribution >= 4 is 61.8 Å². The maximum atomic E-state index is 13.5. The van der Waals surface area contributed by atoms with Crippen LogP contribution in [0, 0.1) is 0 Å². The predicted octanol–water partition coefficient (Wildman–Crippen LogP) is 4.91. The first-order valence-corrected chi connectivity index (χ1v) is 13.7. The number of pyridine rings is 1. The second-order valence-electron chi connectivity index (χ2n) is 8.11. The number of fused-ring (bicyclic) bond motifs is 1. The number of halogens is 2. The zero-order chi connectivity index (χ0) is 23.2. The van der Waals surface area contributed by atoms with E-state index >= 15 is 0 Å². The molecule has 2 aromatic carbocycles. The average Bonchev–Trinajstić information content (AvgIpc) is 3.21. The summed E-state index contributed by atoms with van der Waals surface area (Å²) in [5.74, 6) is 0.660. The third kappa shape index (κ3) is 4.02. The summed E-state index contributed by atoms with van der Waals surface area (Å²) >= 11 is 14.0. The number of piperidine rings is 1. The number of carbonyl (C=O) groups is 1. The van der Waals surface area contributed by atoms with Crippen LogP contribution in [0.5, 0.6) is 0 Å². The summed E-state index contributed by atoms with van der Waals surface area (Å²) in [7, 11) is -3.71. The van der Waals surface area contributed by atoms with E-state index in [0.717, 1.165) is 11.1 Å². The minimum absolute atomic E-state index is 0.142. The fourth-order valence-corrected chi connectivity index (χ4v) is 8.17. The van der Waals surface area contributed by atoms with E-state index in [4.69, 9.17) is 23.2 Å². The number of carbonyl (C=O) groups excluding carboxylic acids is 1. The molecule has 3 aromatic rings. The molecule has 0 N–H and O–H groups in total. The Hall–Kier alpha value is -1.84. The standard InChI is InChI=1S/C23H21Cl2N3O3S2/c24-17-6-7-18(19(25)15-17)22(29)28-13-14-32-23(28)8-11-27(12-9-23)33(30,31)20-5-1-3-16-4-2-10-26-21(16)20/h1-7,10,15H,8-9,11-14H2. The van der Waals surface area contributed by atoms with Crippen LogP contribution in [0.3, 0.4) is 0 Å². The third-order valence-corrected chi connectivity index (χ3v) is 10.3. The van der Waals surface area contributed by atoms with E-state index in [0.29, 0.717) is 53.6 Å². The largest absolute Gasteiger partial charge is 0.323 e. The van der Waals surface area contributed by atoms with Crippen molar-refractivity contribution in [2.75, 3.05) is 25.4 Å². The molecule has 5 rings (SSSR count). The lowest BCUT2D eigenvalue weighted by atomic mass is 10.0. The third-order valence-electron chi connectivity index (χ3n) is 6.30. The number of hydrogen-bond donors (Lipinski definition) is 0. The van der Waals surface area contributed by atoms with Gasteiger partial charge in [-0.3, -0.25) is 9.78 Å². The molecule has 1 aromatic heterocycles. The molecular formula is C23H21Cl2N3O3S2. The molecule has 0 saturated carbocycles. The molecule has 10 heteroatoms. The van der Waals surface area contributed by atoms with Crippen molar-refractivity contribution in [3.63, 3.8) is 0 Å². The number of hydrogen-bond acceptors (Lipinski definition) is 5. The van der Waals surface area contributed by atoms with Crippen molar-refractivity contribution in [1.29, 1.82) is 0 Å². The molecule has 0 unspecified atom stereocenters. The summed E-state index contributed by atoms with van der Waals surface area (Å²) in [6.45, 7) is 1.26. The Balaban J connectivity index is 1.39. The Bertz CT molecular complexity index is 1340. The highest BCUT2D eigenvalue weighted by Crippen LogP contribution is 2.46. The summed E-state index contributed by atoms with van der Waals surface area (Å²) < 4.78 is 28.5. The van der Waals surface area contributed by atoms with Crippen LogP contribution >= 0.6 is 35.0 Å². The molecule has 1 amide bonds. The van der Waals surface area contributed by atoms with Crippen LogP contribution in [0.15, 0.2) is 59.6 Å². The van der Waals surface area contributed by atoms with Crippen molar-refractivity contribution in [1.82, 2.24) is 14.2 Å². The molecule has 0 radical (unpaired) electrons. The van der Waals surface area contributed by atoms with Gasteiger partial charge in [-0.15, -0.1) is 11.8 Å². The van der Waals surface area contributed by atoms with Gasteiger partial charge >= 0.3 is 0 Å². The van der Waals surface area contributed by atoms with E-state index in [1.807, 2.05) is 17.0 Å². The van der Waals surface area contributed by atoms with Crippen LogP contribution in [0.2, 0.25) is 10.0 Å². The van der Waals surface area contributed by atoms with Gasteiger partial charge in [0.1, 0.15) is 4.90 Å². The minimum Gasteiger partial charge on any atom is -0.323 e. The molecule has 2 saturated heterocycles. The molecule has 172 valence electrons. The molecule has 0 bridgehead atoms. The Labute approximate surface area is 206 Å². The summed E-state index contributed by atoms with van der Waals surface area (Å²) in [6, 6.07) is 13.7. The highest BCUT2D eigenvalue weighted by Gasteiger charge is 2.48. The monoisotopic (exact) mass is 521 g/mol. The van der Waals surface area contributed by atoms with Crippen LogP contribution in [-0.2, 0) is 10.0 Å². The highest BCUT2D eigenvalue weighted by atomic mass is 35.5. The molecule has 0 atom stereocenters. The first-order chi connectivity index (χ1) is 15.8. The summed E-state index contributed by atoms with van der Waals surface area (Å²) in [6.07, 6.45) is 2.70.